The number of likely N-dealkylation sites (tertiary alicyclic amines) is 1. The molecule has 0 aromatic rings. The molecule has 0 aromatic heterocycles. The number of nitrogens with zero attached hydrogens (tertiary/aromatic N) is 2. The number of nitrogens with two attached hydrogens (primary N) is 1. The van der Waals surface area contributed by atoms with E-state index < -0.39 is 15.7 Å². The van der Waals surface area contributed by atoms with Crippen molar-refractivity contribution in [3.8, 4) is 0 Å². The Kier molecular flexibility index (Phi) is 5.50. The number of sulfonamides is 1. The number of primary amides is 1. The molecule has 0 saturated carbocycles. The first-order chi connectivity index (χ1) is 10.3. The molecule has 2 N–H and O–H groups in total. The van der Waals surface area contributed by atoms with Gasteiger partial charge in [0, 0.05) is 12.5 Å². The molecule has 2 rings (SSSR count). The first kappa shape index (κ1) is 17.7. The third-order valence-corrected chi connectivity index (χ3v) is 6.44. The summed E-state index contributed by atoms with van der Waals surface area (Å²) in [6, 6.07) is 0. The van der Waals surface area contributed by atoms with Gasteiger partial charge in [-0.15, -0.1) is 0 Å². The zero-order valence-electron chi connectivity index (χ0n) is 13.8. The van der Waals surface area contributed by atoms with Crippen LogP contribution in [0.15, 0.2) is 0 Å². The summed E-state index contributed by atoms with van der Waals surface area (Å²) in [5.41, 5.74) is 4.97. The van der Waals surface area contributed by atoms with Gasteiger partial charge in [0.2, 0.25) is 15.9 Å². The maximum absolute atomic E-state index is 12.4. The van der Waals surface area contributed by atoms with E-state index in [4.69, 9.17) is 5.73 Å². The largest absolute Gasteiger partial charge is 0.369 e. The van der Waals surface area contributed by atoms with Crippen LogP contribution in [0.3, 0.4) is 0 Å². The summed E-state index contributed by atoms with van der Waals surface area (Å²) < 4.78 is 26.4. The maximum atomic E-state index is 12.4. The van der Waals surface area contributed by atoms with Crippen molar-refractivity contribution in [2.75, 3.05) is 25.9 Å². The summed E-state index contributed by atoms with van der Waals surface area (Å²) in [6.45, 7) is 4.26. The Hall–Kier alpha value is -0.660. The van der Waals surface area contributed by atoms with Crippen molar-refractivity contribution >= 4 is 15.9 Å². The van der Waals surface area contributed by atoms with Crippen molar-refractivity contribution < 1.29 is 13.2 Å². The second-order valence-electron chi connectivity index (χ2n) is 6.71. The van der Waals surface area contributed by atoms with E-state index in [1.165, 1.54) is 12.7 Å². The predicted octanol–water partition coefficient (Wildman–Crippen LogP) is 1.13. The van der Waals surface area contributed by atoms with Crippen LogP contribution in [-0.4, -0.2) is 55.1 Å². The van der Waals surface area contributed by atoms with Gasteiger partial charge in [0.15, 0.2) is 0 Å². The Morgan fingerprint density at radius 1 is 1.23 bits per heavy atom. The SMILES string of the molecule is CCCC1(N2CCCCC2)CC(C(N)=O)CCN1S(C)(=O)=O. The number of carbonyl (C=O) groups is 1. The fourth-order valence-electron chi connectivity index (χ4n) is 4.18. The van der Waals surface area contributed by atoms with Gasteiger partial charge in [-0.2, -0.15) is 4.31 Å². The molecular weight excluding hydrogens is 302 g/mol. The molecule has 2 heterocycles. The van der Waals surface area contributed by atoms with Crippen LogP contribution in [-0.2, 0) is 14.8 Å². The topological polar surface area (TPSA) is 83.7 Å². The standard InChI is InChI=1S/C15H29N3O3S/c1-3-8-15(17-9-5-4-6-10-17)12-13(14(16)19)7-11-18(15)22(2,20)21/h13H,3-12H2,1-2H3,(H2,16,19). The van der Waals surface area contributed by atoms with Crippen LogP contribution in [0.4, 0.5) is 0 Å². The third-order valence-electron chi connectivity index (χ3n) is 5.12. The molecule has 0 spiro atoms. The number of hydrogen-bond donors (Lipinski definition) is 1. The van der Waals surface area contributed by atoms with Gasteiger partial charge in [-0.3, -0.25) is 9.69 Å². The van der Waals surface area contributed by atoms with Crippen LogP contribution < -0.4 is 5.73 Å². The quantitative estimate of drug-likeness (QED) is 0.818. The average Bonchev–Trinajstić information content (AvgIpc) is 2.47. The highest BCUT2D eigenvalue weighted by molar-refractivity contribution is 7.88. The van der Waals surface area contributed by atoms with E-state index in [1.54, 1.807) is 4.31 Å². The van der Waals surface area contributed by atoms with Crippen molar-refractivity contribution in [1.82, 2.24) is 9.21 Å². The minimum Gasteiger partial charge on any atom is -0.369 e. The number of piperidine rings is 2. The molecule has 2 saturated heterocycles. The minimum absolute atomic E-state index is 0.230. The van der Waals surface area contributed by atoms with Gasteiger partial charge in [-0.1, -0.05) is 19.8 Å². The van der Waals surface area contributed by atoms with Gasteiger partial charge in [0.25, 0.3) is 0 Å². The average molecular weight is 331 g/mol. The number of hydrogen-bond acceptors (Lipinski definition) is 4. The van der Waals surface area contributed by atoms with Crippen molar-refractivity contribution in [2.24, 2.45) is 11.7 Å². The molecule has 0 bridgehead atoms. The van der Waals surface area contributed by atoms with Crippen molar-refractivity contribution in [2.45, 2.75) is 57.5 Å². The van der Waals surface area contributed by atoms with E-state index in [2.05, 4.69) is 11.8 Å². The first-order valence-corrected chi connectivity index (χ1v) is 10.2. The molecule has 128 valence electrons. The lowest BCUT2D eigenvalue weighted by Crippen LogP contribution is -2.66. The monoisotopic (exact) mass is 331 g/mol. The van der Waals surface area contributed by atoms with Crippen LogP contribution in [0.5, 0.6) is 0 Å². The maximum Gasteiger partial charge on any atom is 0.220 e. The Morgan fingerprint density at radius 3 is 2.36 bits per heavy atom. The summed E-state index contributed by atoms with van der Waals surface area (Å²) in [5.74, 6) is -0.530. The van der Waals surface area contributed by atoms with Crippen molar-refractivity contribution in [1.29, 1.82) is 0 Å². The number of rotatable bonds is 5. The zero-order chi connectivity index (χ0) is 16.4. The molecule has 1 amide bonds. The van der Waals surface area contributed by atoms with Crippen LogP contribution in [0, 0.1) is 5.92 Å². The molecule has 0 aliphatic carbocycles. The molecule has 7 heteroatoms. The van der Waals surface area contributed by atoms with Crippen molar-refractivity contribution in [3.05, 3.63) is 0 Å². The summed E-state index contributed by atoms with van der Waals surface area (Å²) in [4.78, 5) is 14.0. The molecule has 2 aliphatic heterocycles. The molecule has 0 aromatic carbocycles. The lowest BCUT2D eigenvalue weighted by Gasteiger charge is -2.54. The van der Waals surface area contributed by atoms with Crippen LogP contribution in [0.1, 0.15) is 51.9 Å². The van der Waals surface area contributed by atoms with Crippen molar-refractivity contribution in [3.63, 3.8) is 0 Å². The predicted molar refractivity (Wildman–Crippen MR) is 86.5 cm³/mol. The first-order valence-electron chi connectivity index (χ1n) is 8.33. The van der Waals surface area contributed by atoms with Crippen LogP contribution in [0.2, 0.25) is 0 Å². The molecular formula is C15H29N3O3S. The molecule has 22 heavy (non-hydrogen) atoms. The summed E-state index contributed by atoms with van der Waals surface area (Å²) in [5, 5.41) is 0. The van der Waals surface area contributed by atoms with E-state index in [1.807, 2.05) is 0 Å². The molecule has 2 atom stereocenters. The molecule has 6 nitrogen and oxygen atoms in total. The molecule has 2 fully saturated rings. The Morgan fingerprint density at radius 2 is 1.86 bits per heavy atom. The third kappa shape index (κ3) is 3.46. The van der Waals surface area contributed by atoms with Gasteiger partial charge in [0.1, 0.15) is 0 Å². The second kappa shape index (κ2) is 6.84. The number of carbonyl (C=O) groups excluding carboxylic acids is 1. The molecule has 2 aliphatic rings. The van der Waals surface area contributed by atoms with E-state index in [9.17, 15) is 13.2 Å². The van der Waals surface area contributed by atoms with Gasteiger partial charge in [0.05, 0.1) is 11.9 Å². The van der Waals surface area contributed by atoms with E-state index >= 15 is 0 Å². The lowest BCUT2D eigenvalue weighted by molar-refractivity contribution is -0.129. The van der Waals surface area contributed by atoms with Crippen LogP contribution >= 0.6 is 0 Å². The minimum atomic E-state index is -3.31. The Balaban J connectivity index is 2.41. The van der Waals surface area contributed by atoms with E-state index in [0.29, 0.717) is 19.4 Å². The summed E-state index contributed by atoms with van der Waals surface area (Å²) in [7, 11) is -3.31. The van der Waals surface area contributed by atoms with E-state index in [0.717, 1.165) is 38.8 Å². The highest BCUT2D eigenvalue weighted by atomic mass is 32.2. The summed E-state index contributed by atoms with van der Waals surface area (Å²) in [6.07, 6.45) is 7.35. The van der Waals surface area contributed by atoms with Gasteiger partial charge >= 0.3 is 0 Å². The van der Waals surface area contributed by atoms with Crippen LogP contribution in [0.25, 0.3) is 0 Å². The Labute approximate surface area is 134 Å². The molecule has 2 unspecified atom stereocenters. The fraction of sp³-hybridized carbons (Fsp3) is 0.933. The summed E-state index contributed by atoms with van der Waals surface area (Å²) >= 11 is 0. The smallest absolute Gasteiger partial charge is 0.220 e. The van der Waals surface area contributed by atoms with Gasteiger partial charge < -0.3 is 5.73 Å². The van der Waals surface area contributed by atoms with E-state index in [-0.39, 0.29) is 11.8 Å². The zero-order valence-corrected chi connectivity index (χ0v) is 14.6. The van der Waals surface area contributed by atoms with Gasteiger partial charge in [-0.05, 0) is 45.2 Å². The molecule has 0 radical (unpaired) electrons. The second-order valence-corrected chi connectivity index (χ2v) is 8.61. The van der Waals surface area contributed by atoms with Gasteiger partial charge in [-0.25, -0.2) is 8.42 Å². The fourth-order valence-corrected chi connectivity index (χ4v) is 5.51. The highest BCUT2D eigenvalue weighted by Gasteiger charge is 2.50. The number of amides is 1. The highest BCUT2D eigenvalue weighted by Crippen LogP contribution is 2.41. The Bertz CT molecular complexity index is 502. The lowest BCUT2D eigenvalue weighted by atomic mass is 9.82. The normalized spacial score (nSPS) is 32.0.